The summed E-state index contributed by atoms with van der Waals surface area (Å²) in [7, 11) is 0. The third-order valence-electron chi connectivity index (χ3n) is 1.57. The van der Waals surface area contributed by atoms with Crippen LogP contribution < -0.4 is 5.73 Å². The van der Waals surface area contributed by atoms with E-state index in [9.17, 15) is 4.79 Å². The van der Waals surface area contributed by atoms with Gasteiger partial charge in [-0.2, -0.15) is 0 Å². The molecule has 0 aliphatic carbocycles. The highest BCUT2D eigenvalue weighted by atomic mass is 16.5. The Morgan fingerprint density at radius 2 is 2.09 bits per heavy atom. The average molecular weight is 161 g/mol. The molecule has 11 heavy (non-hydrogen) atoms. The molecule has 0 saturated carbocycles. The number of nitrogens with two attached hydrogens (primary N) is 1. The van der Waals surface area contributed by atoms with Crippen molar-refractivity contribution >= 4 is 5.91 Å². The summed E-state index contributed by atoms with van der Waals surface area (Å²) in [6.45, 7) is 1.67. The van der Waals surface area contributed by atoms with Crippen molar-refractivity contribution in [2.75, 3.05) is 0 Å². The Morgan fingerprint density at radius 3 is 2.45 bits per heavy atom. The van der Waals surface area contributed by atoms with Gasteiger partial charge in [-0.05, 0) is 12.8 Å². The summed E-state index contributed by atoms with van der Waals surface area (Å²) in [5.74, 6) is -2.04. The minimum Gasteiger partial charge on any atom is -0.370 e. The highest BCUT2D eigenvalue weighted by Crippen LogP contribution is 2.13. The Balaban J connectivity index is 3.45. The fraction of sp³-hybridized carbons (Fsp3) is 0.857. The largest absolute Gasteiger partial charge is 0.370 e. The van der Waals surface area contributed by atoms with Gasteiger partial charge < -0.3 is 15.9 Å². The number of rotatable bonds is 5. The minimum absolute atomic E-state index is 0.201. The van der Waals surface area contributed by atoms with Crippen LogP contribution >= 0.6 is 0 Å². The normalized spacial score (nSPS) is 11.5. The number of carbonyl (C=O) groups excluding carboxylic acids is 1. The summed E-state index contributed by atoms with van der Waals surface area (Å²) in [6, 6.07) is 0. The van der Waals surface area contributed by atoms with E-state index in [1.165, 1.54) is 0 Å². The van der Waals surface area contributed by atoms with Crippen LogP contribution in [-0.2, 0) is 4.79 Å². The van der Waals surface area contributed by atoms with Gasteiger partial charge >= 0.3 is 0 Å². The molecule has 4 heteroatoms. The molecule has 66 valence electrons. The van der Waals surface area contributed by atoms with E-state index in [2.05, 4.69) is 0 Å². The monoisotopic (exact) mass is 161 g/mol. The summed E-state index contributed by atoms with van der Waals surface area (Å²) < 4.78 is 0. The van der Waals surface area contributed by atoms with Crippen molar-refractivity contribution < 1.29 is 15.0 Å². The highest BCUT2D eigenvalue weighted by molar-refractivity contribution is 5.73. The third-order valence-corrected chi connectivity index (χ3v) is 1.57. The van der Waals surface area contributed by atoms with Crippen LogP contribution in [0.15, 0.2) is 0 Å². The first-order valence-corrected chi connectivity index (χ1v) is 3.71. The maximum absolute atomic E-state index is 10.2. The average Bonchev–Trinajstić information content (AvgIpc) is 1.87. The lowest BCUT2D eigenvalue weighted by Crippen LogP contribution is -2.27. The van der Waals surface area contributed by atoms with Gasteiger partial charge in [0.2, 0.25) is 5.91 Å². The van der Waals surface area contributed by atoms with E-state index < -0.39 is 11.7 Å². The Bertz CT molecular complexity index is 134. The van der Waals surface area contributed by atoms with Crippen molar-refractivity contribution in [2.24, 2.45) is 5.73 Å². The molecule has 0 saturated heterocycles. The van der Waals surface area contributed by atoms with Crippen LogP contribution in [0.3, 0.4) is 0 Å². The first-order valence-electron chi connectivity index (χ1n) is 3.71. The quantitative estimate of drug-likeness (QED) is 0.485. The van der Waals surface area contributed by atoms with Crippen molar-refractivity contribution in [3.8, 4) is 0 Å². The molecule has 0 heterocycles. The Hall–Kier alpha value is -0.610. The number of aliphatic hydroxyl groups is 2. The lowest BCUT2D eigenvalue weighted by molar-refractivity contribution is -0.168. The summed E-state index contributed by atoms with van der Waals surface area (Å²) in [4.78, 5) is 10.2. The molecule has 0 aliphatic rings. The third kappa shape index (κ3) is 5.82. The van der Waals surface area contributed by atoms with E-state index in [0.29, 0.717) is 6.42 Å². The number of amides is 1. The molecule has 0 rings (SSSR count). The molecular formula is C7H15NO3. The van der Waals surface area contributed by atoms with Gasteiger partial charge in [-0.3, -0.25) is 4.79 Å². The lowest BCUT2D eigenvalue weighted by atomic mass is 10.1. The smallest absolute Gasteiger partial charge is 0.217 e. The van der Waals surface area contributed by atoms with Crippen molar-refractivity contribution in [1.82, 2.24) is 0 Å². The van der Waals surface area contributed by atoms with Crippen molar-refractivity contribution in [3.05, 3.63) is 0 Å². The second-order valence-corrected chi connectivity index (χ2v) is 2.66. The molecule has 0 aromatic rings. The molecule has 0 unspecified atom stereocenters. The number of carbonyl (C=O) groups is 1. The Labute approximate surface area is 66.0 Å². The second-order valence-electron chi connectivity index (χ2n) is 2.66. The maximum atomic E-state index is 10.2. The van der Waals surface area contributed by atoms with Gasteiger partial charge in [-0.1, -0.05) is 6.92 Å². The minimum atomic E-state index is -1.63. The summed E-state index contributed by atoms with van der Waals surface area (Å²) in [6.07, 6.45) is 1.11. The van der Waals surface area contributed by atoms with Gasteiger partial charge in [-0.15, -0.1) is 0 Å². The van der Waals surface area contributed by atoms with E-state index in [4.69, 9.17) is 15.9 Å². The van der Waals surface area contributed by atoms with Crippen LogP contribution in [-0.4, -0.2) is 21.9 Å². The summed E-state index contributed by atoms with van der Waals surface area (Å²) in [5.41, 5.74) is 4.86. The summed E-state index contributed by atoms with van der Waals surface area (Å²) >= 11 is 0. The topological polar surface area (TPSA) is 83.6 Å². The Morgan fingerprint density at radius 1 is 1.55 bits per heavy atom. The number of hydrogen-bond donors (Lipinski definition) is 3. The van der Waals surface area contributed by atoms with Gasteiger partial charge in [-0.25, -0.2) is 0 Å². The van der Waals surface area contributed by atoms with Crippen molar-refractivity contribution in [2.45, 2.75) is 38.4 Å². The summed E-state index contributed by atoms with van der Waals surface area (Å²) in [5, 5.41) is 18.1. The van der Waals surface area contributed by atoms with Crippen molar-refractivity contribution in [3.63, 3.8) is 0 Å². The molecule has 0 fully saturated rings. The molecule has 4 nitrogen and oxygen atoms in total. The van der Waals surface area contributed by atoms with Crippen LogP contribution in [0.2, 0.25) is 0 Å². The second kappa shape index (κ2) is 4.31. The van der Waals surface area contributed by atoms with E-state index >= 15 is 0 Å². The van der Waals surface area contributed by atoms with Crippen LogP contribution in [0.1, 0.15) is 32.6 Å². The van der Waals surface area contributed by atoms with E-state index in [1.54, 1.807) is 6.92 Å². The molecule has 0 atom stereocenters. The molecule has 1 amide bonds. The zero-order valence-corrected chi connectivity index (χ0v) is 6.71. The molecule has 0 aromatic carbocycles. The predicted molar refractivity (Wildman–Crippen MR) is 40.5 cm³/mol. The van der Waals surface area contributed by atoms with E-state index in [1.807, 2.05) is 0 Å². The van der Waals surface area contributed by atoms with E-state index in [-0.39, 0.29) is 19.3 Å². The molecule has 4 N–H and O–H groups in total. The van der Waals surface area contributed by atoms with Gasteiger partial charge in [0, 0.05) is 12.8 Å². The zero-order valence-electron chi connectivity index (χ0n) is 6.71. The standard InChI is InChI=1S/C7H15NO3/c1-2-7(10,11)5-3-4-6(8)9/h10-11H,2-5H2,1H3,(H2,8,9). The molecule has 0 radical (unpaired) electrons. The number of primary amides is 1. The first-order chi connectivity index (χ1) is 4.98. The molecule has 0 aromatic heterocycles. The fourth-order valence-electron chi connectivity index (χ4n) is 0.723. The SMILES string of the molecule is CCC(O)(O)CCCC(N)=O. The van der Waals surface area contributed by atoms with Gasteiger partial charge in [0.15, 0.2) is 5.79 Å². The first kappa shape index (κ1) is 10.4. The lowest BCUT2D eigenvalue weighted by Gasteiger charge is -2.18. The highest BCUT2D eigenvalue weighted by Gasteiger charge is 2.19. The van der Waals surface area contributed by atoms with Crippen molar-refractivity contribution in [1.29, 1.82) is 0 Å². The number of hydrogen-bond acceptors (Lipinski definition) is 3. The van der Waals surface area contributed by atoms with Gasteiger partial charge in [0.25, 0.3) is 0 Å². The molecular weight excluding hydrogens is 146 g/mol. The molecule has 0 spiro atoms. The molecule has 0 aliphatic heterocycles. The Kier molecular flexibility index (Phi) is 4.07. The fourth-order valence-corrected chi connectivity index (χ4v) is 0.723. The predicted octanol–water partition coefficient (Wildman–Crippen LogP) is -0.267. The molecule has 0 bridgehead atoms. The van der Waals surface area contributed by atoms with E-state index in [0.717, 1.165) is 0 Å². The van der Waals surface area contributed by atoms with Gasteiger partial charge in [0.05, 0.1) is 0 Å². The van der Waals surface area contributed by atoms with Crippen LogP contribution in [0, 0.1) is 0 Å². The maximum Gasteiger partial charge on any atom is 0.217 e. The van der Waals surface area contributed by atoms with Crippen LogP contribution in [0.4, 0.5) is 0 Å². The van der Waals surface area contributed by atoms with Crippen LogP contribution in [0.5, 0.6) is 0 Å². The van der Waals surface area contributed by atoms with Crippen LogP contribution in [0.25, 0.3) is 0 Å². The van der Waals surface area contributed by atoms with Gasteiger partial charge in [0.1, 0.15) is 0 Å². The zero-order chi connectivity index (χ0) is 8.91.